The van der Waals surface area contributed by atoms with Crippen molar-refractivity contribution in [3.8, 4) is 0 Å². The Hall–Kier alpha value is -2.42. The van der Waals surface area contributed by atoms with Crippen LogP contribution in [0.25, 0.3) is 10.9 Å². The third kappa shape index (κ3) is 3.75. The van der Waals surface area contributed by atoms with Crippen LogP contribution >= 0.6 is 0 Å². The maximum absolute atomic E-state index is 12.9. The first-order valence-corrected chi connectivity index (χ1v) is 10.0. The van der Waals surface area contributed by atoms with Crippen molar-refractivity contribution in [2.75, 3.05) is 26.2 Å². The number of aromatic amines is 1. The lowest BCUT2D eigenvalue weighted by Crippen LogP contribution is -2.69. The second-order valence-corrected chi connectivity index (χ2v) is 8.46. The Balaban J connectivity index is 1.48. The summed E-state index contributed by atoms with van der Waals surface area (Å²) in [4.78, 5) is 29.2. The van der Waals surface area contributed by atoms with Gasteiger partial charge in [0.25, 0.3) is 5.91 Å². The van der Waals surface area contributed by atoms with Gasteiger partial charge in [-0.2, -0.15) is 0 Å². The molecule has 0 aliphatic carbocycles. The molecular weight excluding hydrogens is 372 g/mol. The number of carbonyl (C=O) groups excluding carboxylic acids is 2. The van der Waals surface area contributed by atoms with Crippen molar-refractivity contribution in [3.63, 3.8) is 0 Å². The Labute approximate surface area is 169 Å². The van der Waals surface area contributed by atoms with Gasteiger partial charge in [-0.15, -0.1) is 0 Å². The molecule has 2 amide bonds. The second kappa shape index (κ2) is 7.44. The number of aliphatic hydroxyl groups excluding tert-OH is 1. The van der Waals surface area contributed by atoms with E-state index in [1.165, 1.54) is 0 Å². The van der Waals surface area contributed by atoms with Crippen LogP contribution in [-0.2, 0) is 9.53 Å². The molecular formula is C21H28N4O4. The maximum Gasteiger partial charge on any atom is 0.251 e. The van der Waals surface area contributed by atoms with Crippen LogP contribution in [0.4, 0.5) is 0 Å². The Morgan fingerprint density at radius 2 is 2.07 bits per heavy atom. The highest BCUT2D eigenvalue weighted by Gasteiger charge is 2.53. The SMILES string of the molecule is C[C@]1(NC(=O)c2ccc3[nH]ccc3c2)CCOC2(CCN(CC(N)=O)CC2)[C@@H]1O. The van der Waals surface area contributed by atoms with Crippen LogP contribution in [0.5, 0.6) is 0 Å². The zero-order valence-corrected chi connectivity index (χ0v) is 16.6. The molecule has 2 saturated heterocycles. The predicted molar refractivity (Wildman–Crippen MR) is 108 cm³/mol. The number of fused-ring (bicyclic) bond motifs is 1. The lowest BCUT2D eigenvalue weighted by atomic mass is 9.73. The average Bonchev–Trinajstić information content (AvgIpc) is 3.15. The minimum atomic E-state index is -0.848. The minimum Gasteiger partial charge on any atom is -0.388 e. The fourth-order valence-electron chi connectivity index (χ4n) is 4.65. The number of primary amides is 1. The molecule has 1 aromatic heterocycles. The van der Waals surface area contributed by atoms with Crippen molar-refractivity contribution in [2.24, 2.45) is 5.73 Å². The Morgan fingerprint density at radius 3 is 2.79 bits per heavy atom. The average molecular weight is 400 g/mol. The number of hydrogen-bond acceptors (Lipinski definition) is 5. The highest BCUT2D eigenvalue weighted by Crippen LogP contribution is 2.40. The molecule has 4 rings (SSSR count). The summed E-state index contributed by atoms with van der Waals surface area (Å²) in [5.74, 6) is -0.569. The second-order valence-electron chi connectivity index (χ2n) is 8.46. The van der Waals surface area contributed by atoms with E-state index < -0.39 is 17.2 Å². The molecule has 29 heavy (non-hydrogen) atoms. The lowest BCUT2D eigenvalue weighted by Gasteiger charge is -2.53. The summed E-state index contributed by atoms with van der Waals surface area (Å²) in [7, 11) is 0. The molecule has 2 aromatic rings. The molecule has 2 fully saturated rings. The number of rotatable bonds is 4. The van der Waals surface area contributed by atoms with Crippen molar-refractivity contribution in [1.82, 2.24) is 15.2 Å². The first-order valence-electron chi connectivity index (χ1n) is 10.0. The third-order valence-corrected chi connectivity index (χ3v) is 6.41. The van der Waals surface area contributed by atoms with E-state index in [1.54, 1.807) is 6.07 Å². The first kappa shape index (κ1) is 19.9. The molecule has 3 heterocycles. The summed E-state index contributed by atoms with van der Waals surface area (Å²) in [5.41, 5.74) is 5.30. The largest absolute Gasteiger partial charge is 0.388 e. The monoisotopic (exact) mass is 400 g/mol. The molecule has 1 spiro atoms. The Kier molecular flexibility index (Phi) is 5.10. The number of ether oxygens (including phenoxy) is 1. The molecule has 2 aliphatic rings. The highest BCUT2D eigenvalue weighted by molar-refractivity contribution is 5.98. The van der Waals surface area contributed by atoms with Gasteiger partial charge in [0.15, 0.2) is 0 Å². The number of likely N-dealkylation sites (tertiary alicyclic amines) is 1. The quantitative estimate of drug-likeness (QED) is 0.604. The van der Waals surface area contributed by atoms with E-state index in [0.29, 0.717) is 44.5 Å². The molecule has 2 aliphatic heterocycles. The molecule has 2 atom stereocenters. The predicted octanol–water partition coefficient (Wildman–Crippen LogP) is 0.758. The van der Waals surface area contributed by atoms with Crippen LogP contribution in [0.2, 0.25) is 0 Å². The van der Waals surface area contributed by atoms with Crippen molar-refractivity contribution in [2.45, 2.75) is 43.4 Å². The zero-order valence-electron chi connectivity index (χ0n) is 16.6. The molecule has 0 bridgehead atoms. The van der Waals surface area contributed by atoms with Gasteiger partial charge in [-0.3, -0.25) is 14.5 Å². The summed E-state index contributed by atoms with van der Waals surface area (Å²) >= 11 is 0. The summed E-state index contributed by atoms with van der Waals surface area (Å²) in [5, 5.41) is 15.3. The number of nitrogens with one attached hydrogen (secondary N) is 2. The van der Waals surface area contributed by atoms with Crippen molar-refractivity contribution in [3.05, 3.63) is 36.0 Å². The zero-order chi connectivity index (χ0) is 20.6. The Bertz CT molecular complexity index is 918. The van der Waals surface area contributed by atoms with Crippen molar-refractivity contribution in [1.29, 1.82) is 0 Å². The number of H-pyrrole nitrogens is 1. The molecule has 1 aromatic carbocycles. The number of nitrogens with zero attached hydrogens (tertiary/aromatic N) is 1. The van der Waals surface area contributed by atoms with E-state index in [-0.39, 0.29) is 18.4 Å². The van der Waals surface area contributed by atoms with Gasteiger partial charge < -0.3 is 25.9 Å². The molecule has 8 heteroatoms. The van der Waals surface area contributed by atoms with Gasteiger partial charge in [-0.05, 0) is 50.5 Å². The van der Waals surface area contributed by atoms with Gasteiger partial charge >= 0.3 is 0 Å². The van der Waals surface area contributed by atoms with E-state index in [9.17, 15) is 14.7 Å². The van der Waals surface area contributed by atoms with Crippen LogP contribution in [0.1, 0.15) is 36.5 Å². The Morgan fingerprint density at radius 1 is 1.31 bits per heavy atom. The summed E-state index contributed by atoms with van der Waals surface area (Å²) in [6, 6.07) is 7.42. The van der Waals surface area contributed by atoms with Crippen LogP contribution < -0.4 is 11.1 Å². The van der Waals surface area contributed by atoms with Crippen LogP contribution in [0, 0.1) is 0 Å². The fourth-order valence-corrected chi connectivity index (χ4v) is 4.65. The summed E-state index contributed by atoms with van der Waals surface area (Å²) in [6.07, 6.45) is 2.69. The van der Waals surface area contributed by atoms with Gasteiger partial charge in [0, 0.05) is 42.4 Å². The summed E-state index contributed by atoms with van der Waals surface area (Å²) in [6.45, 7) is 3.79. The third-order valence-electron chi connectivity index (χ3n) is 6.41. The van der Waals surface area contributed by atoms with E-state index in [0.717, 1.165) is 10.9 Å². The standard InChI is InChI=1S/C21H28N4O4/c1-20(24-18(27)15-2-3-16-14(12-15)4-8-23-16)7-11-29-21(19(20)28)5-9-25(10-6-21)13-17(22)26/h2-4,8,12,19,23,28H,5-7,9-11,13H2,1H3,(H2,22,26)(H,24,27)/t19-,20+/m1/s1. The smallest absolute Gasteiger partial charge is 0.251 e. The minimum absolute atomic E-state index is 0.210. The molecule has 0 unspecified atom stereocenters. The van der Waals surface area contributed by atoms with Crippen LogP contribution in [-0.4, -0.2) is 70.3 Å². The number of nitrogens with two attached hydrogens (primary N) is 1. The number of benzene rings is 1. The number of aliphatic hydroxyl groups is 1. The lowest BCUT2D eigenvalue weighted by molar-refractivity contribution is -0.205. The van der Waals surface area contributed by atoms with Gasteiger partial charge in [0.2, 0.25) is 5.91 Å². The number of aromatic nitrogens is 1. The molecule has 5 N–H and O–H groups in total. The number of piperidine rings is 1. The first-order chi connectivity index (χ1) is 13.8. The van der Waals surface area contributed by atoms with Crippen LogP contribution in [0.3, 0.4) is 0 Å². The molecule has 0 radical (unpaired) electrons. The van der Waals surface area contributed by atoms with Crippen molar-refractivity contribution < 1.29 is 19.4 Å². The molecule has 0 saturated carbocycles. The number of hydrogen-bond donors (Lipinski definition) is 4. The van der Waals surface area contributed by atoms with Gasteiger partial charge in [0.05, 0.1) is 17.7 Å². The van der Waals surface area contributed by atoms with E-state index in [1.807, 2.05) is 36.2 Å². The number of amides is 2. The molecule has 156 valence electrons. The van der Waals surface area contributed by atoms with E-state index in [4.69, 9.17) is 10.5 Å². The van der Waals surface area contributed by atoms with Gasteiger partial charge in [0.1, 0.15) is 6.10 Å². The normalized spacial score (nSPS) is 27.2. The molecule has 8 nitrogen and oxygen atoms in total. The van der Waals surface area contributed by atoms with Crippen molar-refractivity contribution >= 4 is 22.7 Å². The van der Waals surface area contributed by atoms with Gasteiger partial charge in [-0.1, -0.05) is 0 Å². The van der Waals surface area contributed by atoms with Crippen LogP contribution in [0.15, 0.2) is 30.5 Å². The maximum atomic E-state index is 12.9. The van der Waals surface area contributed by atoms with E-state index in [2.05, 4.69) is 10.3 Å². The fraction of sp³-hybridized carbons (Fsp3) is 0.524. The van der Waals surface area contributed by atoms with E-state index >= 15 is 0 Å². The summed E-state index contributed by atoms with van der Waals surface area (Å²) < 4.78 is 6.05. The number of carbonyl (C=O) groups is 2. The van der Waals surface area contributed by atoms with Gasteiger partial charge in [-0.25, -0.2) is 0 Å². The highest BCUT2D eigenvalue weighted by atomic mass is 16.5. The topological polar surface area (TPSA) is 121 Å².